The van der Waals surface area contributed by atoms with Gasteiger partial charge < -0.3 is 4.74 Å². The highest BCUT2D eigenvalue weighted by molar-refractivity contribution is 8.13. The number of hydrogen-bond acceptors (Lipinski definition) is 4. The molecule has 0 atom stereocenters. The number of ether oxygens (including phenoxy) is 1. The third-order valence-electron chi connectivity index (χ3n) is 3.33. The predicted octanol–water partition coefficient (Wildman–Crippen LogP) is 3.90. The van der Waals surface area contributed by atoms with E-state index in [-0.39, 0.29) is 11.7 Å². The van der Waals surface area contributed by atoms with Crippen molar-refractivity contribution in [3.63, 3.8) is 0 Å². The predicted molar refractivity (Wildman–Crippen MR) is 76.7 cm³/mol. The van der Waals surface area contributed by atoms with Crippen LogP contribution in [0.4, 0.5) is 4.39 Å². The molecular formula is C13H13Cl2FO4S. The molecule has 1 saturated carbocycles. The number of halogens is 3. The molecule has 1 aliphatic rings. The number of carbonyl (C=O) groups is 1. The zero-order chi connectivity index (χ0) is 15.6. The third-order valence-corrected chi connectivity index (χ3v) is 5.05. The van der Waals surface area contributed by atoms with Crippen molar-refractivity contribution in [3.8, 4) is 0 Å². The summed E-state index contributed by atoms with van der Waals surface area (Å²) in [4.78, 5) is 11.5. The second-order valence-electron chi connectivity index (χ2n) is 4.87. The van der Waals surface area contributed by atoms with Crippen LogP contribution in [-0.2, 0) is 13.8 Å². The largest absolute Gasteiger partial charge is 0.459 e. The Bertz CT molecular complexity index is 654. The average molecular weight is 355 g/mol. The van der Waals surface area contributed by atoms with Gasteiger partial charge in [0.05, 0.1) is 15.5 Å². The highest BCUT2D eigenvalue weighted by atomic mass is 35.7. The lowest BCUT2D eigenvalue weighted by molar-refractivity contribution is 0.0210. The Hall–Kier alpha value is -0.850. The molecule has 0 radical (unpaired) electrons. The molecule has 0 aliphatic heterocycles. The van der Waals surface area contributed by atoms with Gasteiger partial charge in [-0.1, -0.05) is 18.0 Å². The molecule has 8 heteroatoms. The lowest BCUT2D eigenvalue weighted by Crippen LogP contribution is -2.21. The summed E-state index contributed by atoms with van der Waals surface area (Å²) in [6.45, 7) is 0. The second-order valence-corrected chi connectivity index (χ2v) is 7.81. The van der Waals surface area contributed by atoms with Gasteiger partial charge in [-0.15, -0.1) is 0 Å². The van der Waals surface area contributed by atoms with Gasteiger partial charge in [0.2, 0.25) is 0 Å². The smallest absolute Gasteiger partial charge is 0.340 e. The van der Waals surface area contributed by atoms with Gasteiger partial charge in [-0.2, -0.15) is 0 Å². The van der Waals surface area contributed by atoms with E-state index in [1.54, 1.807) is 0 Å². The van der Waals surface area contributed by atoms with E-state index in [0.29, 0.717) is 6.07 Å². The molecule has 0 unspecified atom stereocenters. The summed E-state index contributed by atoms with van der Waals surface area (Å²) in [6.07, 6.45) is 4.22. The number of carbonyl (C=O) groups excluding carboxylic acids is 1. The van der Waals surface area contributed by atoms with Crippen LogP contribution in [0.15, 0.2) is 17.0 Å². The lowest BCUT2D eigenvalue weighted by Gasteiger charge is -2.22. The molecule has 0 amide bonds. The average Bonchev–Trinajstić information content (AvgIpc) is 2.41. The molecule has 1 aromatic carbocycles. The fourth-order valence-corrected chi connectivity index (χ4v) is 3.21. The molecule has 0 heterocycles. The lowest BCUT2D eigenvalue weighted by atomic mass is 9.98. The molecule has 116 valence electrons. The van der Waals surface area contributed by atoms with Gasteiger partial charge in [0.25, 0.3) is 9.05 Å². The number of hydrogen-bond donors (Lipinski definition) is 0. The summed E-state index contributed by atoms with van der Waals surface area (Å²) in [5.74, 6) is -1.87. The zero-order valence-corrected chi connectivity index (χ0v) is 13.3. The molecule has 1 aromatic rings. The zero-order valence-electron chi connectivity index (χ0n) is 10.9. The Kier molecular flexibility index (Phi) is 5.11. The van der Waals surface area contributed by atoms with Crippen molar-refractivity contribution in [1.82, 2.24) is 0 Å². The van der Waals surface area contributed by atoms with Crippen molar-refractivity contribution in [3.05, 3.63) is 28.5 Å². The highest BCUT2D eigenvalue weighted by Crippen LogP contribution is 2.28. The summed E-state index contributed by atoms with van der Waals surface area (Å²) in [7, 11) is 0.996. The molecule has 4 nitrogen and oxygen atoms in total. The van der Waals surface area contributed by atoms with Crippen LogP contribution in [0.25, 0.3) is 0 Å². The van der Waals surface area contributed by atoms with Crippen molar-refractivity contribution < 1.29 is 22.3 Å². The number of rotatable bonds is 3. The van der Waals surface area contributed by atoms with E-state index in [1.807, 2.05) is 0 Å². The second kappa shape index (κ2) is 6.50. The van der Waals surface area contributed by atoms with E-state index >= 15 is 0 Å². The van der Waals surface area contributed by atoms with Crippen molar-refractivity contribution >= 4 is 37.3 Å². The maximum atomic E-state index is 13.6. The molecule has 21 heavy (non-hydrogen) atoms. The maximum Gasteiger partial charge on any atom is 0.340 e. The Balaban J connectivity index is 2.29. The van der Waals surface area contributed by atoms with Gasteiger partial charge >= 0.3 is 5.97 Å². The van der Waals surface area contributed by atoms with Crippen LogP contribution in [-0.4, -0.2) is 20.5 Å². The Morgan fingerprint density at radius 3 is 2.43 bits per heavy atom. The van der Waals surface area contributed by atoms with Crippen LogP contribution in [0.1, 0.15) is 42.5 Å². The Labute approximate surface area is 131 Å². The van der Waals surface area contributed by atoms with E-state index in [0.717, 1.165) is 38.2 Å². The summed E-state index contributed by atoms with van der Waals surface area (Å²) < 4.78 is 41.4. The first-order valence-corrected chi connectivity index (χ1v) is 9.12. The van der Waals surface area contributed by atoms with Crippen LogP contribution in [0.2, 0.25) is 5.02 Å². The van der Waals surface area contributed by atoms with Crippen LogP contribution < -0.4 is 0 Å². The first-order valence-electron chi connectivity index (χ1n) is 6.43. The summed E-state index contributed by atoms with van der Waals surface area (Å²) in [5, 5.41) is -0.472. The molecule has 0 aromatic heterocycles. The van der Waals surface area contributed by atoms with Crippen LogP contribution in [0.5, 0.6) is 0 Å². The minimum Gasteiger partial charge on any atom is -0.459 e. The van der Waals surface area contributed by atoms with E-state index < -0.39 is 30.8 Å². The summed E-state index contributed by atoms with van der Waals surface area (Å²) in [6, 6.07) is 1.60. The standard InChI is InChI=1S/C13H13Cl2FO4S/c14-12-10(6-9(7-11(12)16)21(15,18)19)13(17)20-8-4-2-1-3-5-8/h6-8H,1-5H2. The molecule has 1 fully saturated rings. The van der Waals surface area contributed by atoms with Crippen LogP contribution in [0.3, 0.4) is 0 Å². The first kappa shape index (κ1) is 16.5. The molecular weight excluding hydrogens is 342 g/mol. The van der Waals surface area contributed by atoms with Crippen LogP contribution >= 0.6 is 22.3 Å². The molecule has 0 spiro atoms. The van der Waals surface area contributed by atoms with Gasteiger partial charge in [0, 0.05) is 10.7 Å². The number of benzene rings is 1. The van der Waals surface area contributed by atoms with Crippen molar-refractivity contribution in [2.45, 2.75) is 43.1 Å². The molecule has 0 saturated heterocycles. The van der Waals surface area contributed by atoms with Gasteiger partial charge in [-0.3, -0.25) is 0 Å². The minimum absolute atomic E-state index is 0.248. The first-order chi connectivity index (χ1) is 9.79. The maximum absolute atomic E-state index is 13.6. The van der Waals surface area contributed by atoms with E-state index in [4.69, 9.17) is 27.0 Å². The Morgan fingerprint density at radius 2 is 1.86 bits per heavy atom. The molecule has 0 N–H and O–H groups in total. The van der Waals surface area contributed by atoms with Crippen molar-refractivity contribution in [1.29, 1.82) is 0 Å². The SMILES string of the molecule is O=C(OC1CCCCC1)c1cc(S(=O)(=O)Cl)cc(F)c1Cl. The van der Waals surface area contributed by atoms with E-state index in [1.165, 1.54) is 0 Å². The van der Waals surface area contributed by atoms with E-state index in [9.17, 15) is 17.6 Å². The van der Waals surface area contributed by atoms with Crippen molar-refractivity contribution in [2.75, 3.05) is 0 Å². The number of esters is 1. The fourth-order valence-electron chi connectivity index (χ4n) is 2.25. The highest BCUT2D eigenvalue weighted by Gasteiger charge is 2.24. The van der Waals surface area contributed by atoms with E-state index in [2.05, 4.69) is 0 Å². The third kappa shape index (κ3) is 4.08. The molecule has 0 bridgehead atoms. The Morgan fingerprint density at radius 1 is 1.24 bits per heavy atom. The quantitative estimate of drug-likeness (QED) is 0.610. The topological polar surface area (TPSA) is 60.4 Å². The normalized spacial score (nSPS) is 16.7. The fraction of sp³-hybridized carbons (Fsp3) is 0.462. The molecule has 1 aliphatic carbocycles. The van der Waals surface area contributed by atoms with Gasteiger partial charge in [0.1, 0.15) is 11.9 Å². The summed E-state index contributed by atoms with van der Waals surface area (Å²) >= 11 is 5.71. The van der Waals surface area contributed by atoms with Gasteiger partial charge in [-0.25, -0.2) is 17.6 Å². The van der Waals surface area contributed by atoms with Crippen molar-refractivity contribution in [2.24, 2.45) is 0 Å². The minimum atomic E-state index is -4.17. The molecule has 2 rings (SSSR count). The van der Waals surface area contributed by atoms with Crippen LogP contribution in [0, 0.1) is 5.82 Å². The van der Waals surface area contributed by atoms with Gasteiger partial charge in [0.15, 0.2) is 0 Å². The summed E-state index contributed by atoms with van der Waals surface area (Å²) in [5.41, 5.74) is -0.332. The monoisotopic (exact) mass is 354 g/mol. The van der Waals surface area contributed by atoms with Gasteiger partial charge in [-0.05, 0) is 37.8 Å².